The van der Waals surface area contributed by atoms with Gasteiger partial charge in [0, 0.05) is 31.7 Å². The number of hydrogen-bond donors (Lipinski definition) is 2. The number of piperazine rings is 1. The number of hydrogen-bond acceptors (Lipinski definition) is 4. The van der Waals surface area contributed by atoms with Crippen LogP contribution in [0.3, 0.4) is 0 Å². The lowest BCUT2D eigenvalue weighted by Gasteiger charge is -2.36. The summed E-state index contributed by atoms with van der Waals surface area (Å²) in [6.45, 7) is 7.92. The number of carbonyl (C=O) groups is 3. The molecule has 2 aromatic carbocycles. The van der Waals surface area contributed by atoms with Crippen molar-refractivity contribution in [2.24, 2.45) is 0 Å². The number of amides is 4. The van der Waals surface area contributed by atoms with Gasteiger partial charge in [-0.15, -0.1) is 0 Å². The SMILES string of the molecule is CC(C)(C)NC(=O)NC(=O)CN1CCN(C(=O)C(c2ccccc2)c2ccccc2)CC1. The predicted octanol–water partition coefficient (Wildman–Crippen LogP) is 2.59. The number of nitrogens with zero attached hydrogens (tertiary/aromatic N) is 2. The van der Waals surface area contributed by atoms with E-state index in [-0.39, 0.29) is 24.3 Å². The summed E-state index contributed by atoms with van der Waals surface area (Å²) >= 11 is 0. The van der Waals surface area contributed by atoms with Crippen molar-refractivity contribution < 1.29 is 14.4 Å². The van der Waals surface area contributed by atoms with E-state index >= 15 is 0 Å². The maximum Gasteiger partial charge on any atom is 0.321 e. The van der Waals surface area contributed by atoms with Gasteiger partial charge >= 0.3 is 6.03 Å². The van der Waals surface area contributed by atoms with Crippen molar-refractivity contribution in [3.05, 3.63) is 71.8 Å². The van der Waals surface area contributed by atoms with Crippen LogP contribution in [0.25, 0.3) is 0 Å². The molecule has 0 aromatic heterocycles. The number of urea groups is 1. The van der Waals surface area contributed by atoms with Crippen LogP contribution in [0.15, 0.2) is 60.7 Å². The first-order valence-electron chi connectivity index (χ1n) is 11.0. The average Bonchev–Trinajstić information content (AvgIpc) is 2.74. The Kier molecular flexibility index (Phi) is 7.64. The molecule has 0 saturated carbocycles. The maximum atomic E-state index is 13.5. The smallest absolute Gasteiger partial charge is 0.321 e. The average molecular weight is 437 g/mol. The maximum absolute atomic E-state index is 13.5. The number of nitrogens with one attached hydrogen (secondary N) is 2. The molecule has 0 atom stereocenters. The van der Waals surface area contributed by atoms with Gasteiger partial charge < -0.3 is 10.2 Å². The highest BCUT2D eigenvalue weighted by Crippen LogP contribution is 2.27. The zero-order valence-electron chi connectivity index (χ0n) is 19.0. The molecule has 0 spiro atoms. The Morgan fingerprint density at radius 2 is 1.34 bits per heavy atom. The zero-order chi connectivity index (χ0) is 23.1. The largest absolute Gasteiger partial charge is 0.339 e. The normalized spacial score (nSPS) is 14.8. The molecule has 7 heteroatoms. The van der Waals surface area contributed by atoms with Crippen molar-refractivity contribution in [3.8, 4) is 0 Å². The van der Waals surface area contributed by atoms with Gasteiger partial charge in [-0.25, -0.2) is 4.79 Å². The van der Waals surface area contributed by atoms with Gasteiger partial charge in [-0.3, -0.25) is 19.8 Å². The fourth-order valence-electron chi connectivity index (χ4n) is 3.82. The van der Waals surface area contributed by atoms with Crippen LogP contribution in [-0.2, 0) is 9.59 Å². The Bertz CT molecular complexity index is 878. The highest BCUT2D eigenvalue weighted by Gasteiger charge is 2.30. The highest BCUT2D eigenvalue weighted by molar-refractivity contribution is 5.95. The second-order valence-electron chi connectivity index (χ2n) is 9.11. The minimum absolute atomic E-state index is 0.0658. The van der Waals surface area contributed by atoms with E-state index < -0.39 is 11.6 Å². The summed E-state index contributed by atoms with van der Waals surface area (Å²) in [5, 5.41) is 5.08. The molecule has 1 saturated heterocycles. The van der Waals surface area contributed by atoms with E-state index in [9.17, 15) is 14.4 Å². The fourth-order valence-corrected chi connectivity index (χ4v) is 3.82. The van der Waals surface area contributed by atoms with Crippen molar-refractivity contribution in [3.63, 3.8) is 0 Å². The standard InChI is InChI=1S/C25H32N4O3/c1-25(2,3)27-24(32)26-21(30)18-28-14-16-29(17-15-28)23(31)22(19-10-6-4-7-11-19)20-12-8-5-9-13-20/h4-13,22H,14-18H2,1-3H3,(H2,26,27,30,32). The van der Waals surface area contributed by atoms with Gasteiger partial charge in [0.1, 0.15) is 0 Å². The molecule has 2 aromatic rings. The van der Waals surface area contributed by atoms with Crippen LogP contribution in [-0.4, -0.2) is 65.9 Å². The summed E-state index contributed by atoms with van der Waals surface area (Å²) in [5.41, 5.74) is 1.52. The van der Waals surface area contributed by atoms with E-state index in [1.165, 1.54) is 0 Å². The van der Waals surface area contributed by atoms with Crippen LogP contribution >= 0.6 is 0 Å². The van der Waals surface area contributed by atoms with Crippen molar-refractivity contribution in [2.75, 3.05) is 32.7 Å². The van der Waals surface area contributed by atoms with Gasteiger partial charge in [0.25, 0.3) is 0 Å². The summed E-state index contributed by atoms with van der Waals surface area (Å²) in [6, 6.07) is 19.1. The first kappa shape index (κ1) is 23.5. The molecule has 7 nitrogen and oxygen atoms in total. The van der Waals surface area contributed by atoms with Crippen LogP contribution in [0.5, 0.6) is 0 Å². The van der Waals surface area contributed by atoms with Gasteiger partial charge in [0.15, 0.2) is 0 Å². The third-order valence-electron chi connectivity index (χ3n) is 5.31. The molecular formula is C25H32N4O3. The van der Waals surface area contributed by atoms with Crippen molar-refractivity contribution in [1.82, 2.24) is 20.4 Å². The van der Waals surface area contributed by atoms with Gasteiger partial charge in [-0.1, -0.05) is 60.7 Å². The molecule has 1 aliphatic rings. The van der Waals surface area contributed by atoms with Gasteiger partial charge in [-0.2, -0.15) is 0 Å². The van der Waals surface area contributed by atoms with Crippen LogP contribution in [0.1, 0.15) is 37.8 Å². The molecule has 0 aliphatic carbocycles. The Hall–Kier alpha value is -3.19. The fraction of sp³-hybridized carbons (Fsp3) is 0.400. The lowest BCUT2D eigenvalue weighted by molar-refractivity contribution is -0.133. The molecule has 0 radical (unpaired) electrons. The Balaban J connectivity index is 1.58. The topological polar surface area (TPSA) is 81.8 Å². The van der Waals surface area contributed by atoms with Crippen molar-refractivity contribution in [2.45, 2.75) is 32.2 Å². The van der Waals surface area contributed by atoms with Gasteiger partial charge in [0.2, 0.25) is 11.8 Å². The molecule has 170 valence electrons. The molecule has 32 heavy (non-hydrogen) atoms. The summed E-state index contributed by atoms with van der Waals surface area (Å²) in [5.74, 6) is -0.637. The molecule has 3 rings (SSSR count). The second-order valence-corrected chi connectivity index (χ2v) is 9.11. The predicted molar refractivity (Wildman–Crippen MR) is 124 cm³/mol. The Labute approximate surface area is 189 Å². The molecule has 0 bridgehead atoms. The third kappa shape index (κ3) is 6.65. The van der Waals surface area contributed by atoms with E-state index in [2.05, 4.69) is 10.6 Å². The summed E-state index contributed by atoms with van der Waals surface area (Å²) in [4.78, 5) is 41.4. The summed E-state index contributed by atoms with van der Waals surface area (Å²) < 4.78 is 0. The zero-order valence-corrected chi connectivity index (χ0v) is 19.0. The van der Waals surface area contributed by atoms with Crippen molar-refractivity contribution >= 4 is 17.8 Å². The minimum atomic E-state index is -0.495. The van der Waals surface area contributed by atoms with Crippen LogP contribution in [0.4, 0.5) is 4.79 Å². The molecular weight excluding hydrogens is 404 g/mol. The molecule has 1 heterocycles. The van der Waals surface area contributed by atoms with Crippen LogP contribution in [0, 0.1) is 0 Å². The van der Waals surface area contributed by atoms with Gasteiger partial charge in [-0.05, 0) is 31.9 Å². The lowest BCUT2D eigenvalue weighted by Crippen LogP contribution is -2.54. The molecule has 4 amide bonds. The lowest BCUT2D eigenvalue weighted by atomic mass is 9.90. The van der Waals surface area contributed by atoms with Gasteiger partial charge in [0.05, 0.1) is 12.5 Å². The third-order valence-corrected chi connectivity index (χ3v) is 5.31. The first-order valence-corrected chi connectivity index (χ1v) is 11.0. The molecule has 1 fully saturated rings. The van der Waals surface area contributed by atoms with E-state index in [1.54, 1.807) is 0 Å². The number of rotatable bonds is 5. The highest BCUT2D eigenvalue weighted by atomic mass is 16.2. The van der Waals surface area contributed by atoms with Crippen molar-refractivity contribution in [1.29, 1.82) is 0 Å². The van der Waals surface area contributed by atoms with Crippen LogP contribution in [0.2, 0.25) is 0 Å². The molecule has 1 aliphatic heterocycles. The Morgan fingerprint density at radius 3 is 1.81 bits per heavy atom. The van der Waals surface area contributed by atoms with E-state index in [1.807, 2.05) is 91.2 Å². The number of carbonyl (C=O) groups excluding carboxylic acids is 3. The van der Waals surface area contributed by atoms with Crippen LogP contribution < -0.4 is 10.6 Å². The summed E-state index contributed by atoms with van der Waals surface area (Å²) in [7, 11) is 0. The summed E-state index contributed by atoms with van der Waals surface area (Å²) in [6.07, 6.45) is 0. The van der Waals surface area contributed by atoms with E-state index in [0.29, 0.717) is 26.2 Å². The monoisotopic (exact) mass is 436 g/mol. The molecule has 2 N–H and O–H groups in total. The number of imide groups is 1. The molecule has 0 unspecified atom stereocenters. The first-order chi connectivity index (χ1) is 15.2. The second kappa shape index (κ2) is 10.4. The Morgan fingerprint density at radius 1 is 0.844 bits per heavy atom. The quantitative estimate of drug-likeness (QED) is 0.755. The van der Waals surface area contributed by atoms with E-state index in [4.69, 9.17) is 0 Å². The van der Waals surface area contributed by atoms with E-state index in [0.717, 1.165) is 11.1 Å². The number of benzene rings is 2. The minimum Gasteiger partial charge on any atom is -0.339 e.